The monoisotopic (exact) mass is 429 g/mol. The van der Waals surface area contributed by atoms with Crippen molar-refractivity contribution in [3.63, 3.8) is 0 Å². The average Bonchev–Trinajstić information content (AvgIpc) is 3.39. The largest absolute Gasteiger partial charge is 0.381 e. The van der Waals surface area contributed by atoms with Crippen LogP contribution in [-0.4, -0.2) is 67.9 Å². The third-order valence-electron chi connectivity index (χ3n) is 6.11. The van der Waals surface area contributed by atoms with Gasteiger partial charge in [-0.2, -0.15) is 0 Å². The van der Waals surface area contributed by atoms with Crippen LogP contribution in [0.15, 0.2) is 18.2 Å². The Balaban J connectivity index is 1.46. The number of carbonyl (C=O) groups is 1. The Labute approximate surface area is 182 Å². The summed E-state index contributed by atoms with van der Waals surface area (Å²) in [4.78, 5) is 20.9. The van der Waals surface area contributed by atoms with Crippen molar-refractivity contribution in [2.45, 2.75) is 33.2 Å². The zero-order valence-corrected chi connectivity index (χ0v) is 18.9. The molecule has 1 amide bonds. The van der Waals surface area contributed by atoms with E-state index in [1.165, 1.54) is 22.5 Å². The number of thiazole rings is 1. The molecule has 2 atom stereocenters. The van der Waals surface area contributed by atoms with Gasteiger partial charge < -0.3 is 14.8 Å². The molecule has 2 aromatic rings. The molecule has 3 heterocycles. The lowest BCUT2D eigenvalue weighted by Gasteiger charge is -2.37. The molecule has 0 spiro atoms. The number of aryl methyl sites for hydroxylation is 3. The number of nitrogens with one attached hydrogen (secondary N) is 1. The van der Waals surface area contributed by atoms with E-state index in [2.05, 4.69) is 42.3 Å². The van der Waals surface area contributed by atoms with Crippen molar-refractivity contribution >= 4 is 17.2 Å². The predicted molar refractivity (Wildman–Crippen MR) is 119 cm³/mol. The van der Waals surface area contributed by atoms with Crippen LogP contribution in [-0.2, 0) is 9.47 Å². The lowest BCUT2D eigenvalue weighted by Crippen LogP contribution is -2.52. The Hall–Kier alpha value is -1.80. The van der Waals surface area contributed by atoms with Crippen LogP contribution in [0.3, 0.4) is 0 Å². The van der Waals surface area contributed by atoms with Gasteiger partial charge in [-0.05, 0) is 32.8 Å². The molecule has 2 saturated heterocycles. The second-order valence-electron chi connectivity index (χ2n) is 8.30. The van der Waals surface area contributed by atoms with Crippen molar-refractivity contribution in [3.8, 4) is 10.6 Å². The number of hydrogen-bond acceptors (Lipinski definition) is 6. The number of benzene rings is 1. The maximum absolute atomic E-state index is 13.0. The van der Waals surface area contributed by atoms with E-state index in [0.29, 0.717) is 17.3 Å². The summed E-state index contributed by atoms with van der Waals surface area (Å²) in [5.74, 6) is 0.426. The van der Waals surface area contributed by atoms with Crippen LogP contribution in [0.4, 0.5) is 0 Å². The van der Waals surface area contributed by atoms with E-state index in [1.54, 1.807) is 0 Å². The quantitative estimate of drug-likeness (QED) is 0.764. The number of rotatable bonds is 6. The summed E-state index contributed by atoms with van der Waals surface area (Å²) in [5, 5.41) is 4.10. The van der Waals surface area contributed by atoms with Crippen molar-refractivity contribution in [2.75, 3.05) is 46.1 Å². The molecular weight excluding hydrogens is 398 g/mol. The van der Waals surface area contributed by atoms with Crippen LogP contribution in [0.1, 0.15) is 32.9 Å². The summed E-state index contributed by atoms with van der Waals surface area (Å²) in [6.07, 6.45) is 1.05. The van der Waals surface area contributed by atoms with E-state index in [4.69, 9.17) is 14.5 Å². The molecule has 0 aliphatic carbocycles. The van der Waals surface area contributed by atoms with Gasteiger partial charge in [-0.15, -0.1) is 11.3 Å². The summed E-state index contributed by atoms with van der Waals surface area (Å²) < 4.78 is 11.2. The minimum absolute atomic E-state index is 0.0295. The van der Waals surface area contributed by atoms with E-state index < -0.39 is 0 Å². The van der Waals surface area contributed by atoms with Crippen molar-refractivity contribution < 1.29 is 14.3 Å². The highest BCUT2D eigenvalue weighted by Gasteiger charge is 2.32. The molecule has 4 rings (SSSR count). The highest BCUT2D eigenvalue weighted by Crippen LogP contribution is 2.31. The summed E-state index contributed by atoms with van der Waals surface area (Å²) in [6.45, 7) is 11.6. The van der Waals surface area contributed by atoms with E-state index >= 15 is 0 Å². The van der Waals surface area contributed by atoms with Crippen molar-refractivity contribution in [2.24, 2.45) is 5.92 Å². The second-order valence-corrected chi connectivity index (χ2v) is 9.30. The standard InChI is InChI=1S/C23H31N3O3S/c1-15-4-5-19(16(2)12-15)23-25-17(3)21(30-23)22(27)24-13-20(18-6-9-29-14-18)26-7-10-28-11-8-26/h4-5,12,18,20H,6-11,13-14H2,1-3H3,(H,24,27). The molecule has 1 N–H and O–H groups in total. The van der Waals surface area contributed by atoms with E-state index in [9.17, 15) is 4.79 Å². The Morgan fingerprint density at radius 2 is 2.03 bits per heavy atom. The molecule has 2 aliphatic heterocycles. The molecule has 6 nitrogen and oxygen atoms in total. The fourth-order valence-corrected chi connectivity index (χ4v) is 5.49. The number of hydrogen-bond donors (Lipinski definition) is 1. The zero-order chi connectivity index (χ0) is 21.1. The number of carbonyl (C=O) groups excluding carboxylic acids is 1. The van der Waals surface area contributed by atoms with Gasteiger partial charge in [0, 0.05) is 43.8 Å². The number of morpholine rings is 1. The van der Waals surface area contributed by atoms with Crippen molar-refractivity contribution in [1.82, 2.24) is 15.2 Å². The lowest BCUT2D eigenvalue weighted by molar-refractivity contribution is 0.00167. The number of ether oxygens (including phenoxy) is 2. The van der Waals surface area contributed by atoms with Gasteiger partial charge in [-0.25, -0.2) is 4.98 Å². The van der Waals surface area contributed by atoms with Crippen molar-refractivity contribution in [3.05, 3.63) is 39.9 Å². The van der Waals surface area contributed by atoms with Crippen LogP contribution in [0.25, 0.3) is 10.6 Å². The highest BCUT2D eigenvalue weighted by atomic mass is 32.1. The molecule has 7 heteroatoms. The smallest absolute Gasteiger partial charge is 0.263 e. The zero-order valence-electron chi connectivity index (χ0n) is 18.1. The molecule has 1 aromatic heterocycles. The first-order valence-electron chi connectivity index (χ1n) is 10.8. The minimum atomic E-state index is -0.0295. The van der Waals surface area contributed by atoms with Crippen LogP contribution in [0.5, 0.6) is 0 Å². The topological polar surface area (TPSA) is 63.7 Å². The maximum Gasteiger partial charge on any atom is 0.263 e. The van der Waals surface area contributed by atoms with Gasteiger partial charge in [0.15, 0.2) is 0 Å². The Morgan fingerprint density at radius 3 is 2.73 bits per heavy atom. The van der Waals surface area contributed by atoms with Gasteiger partial charge in [0.05, 0.1) is 25.5 Å². The normalized spacial score (nSPS) is 21.0. The Bertz CT molecular complexity index is 886. The van der Waals surface area contributed by atoms with E-state index in [-0.39, 0.29) is 11.9 Å². The minimum Gasteiger partial charge on any atom is -0.381 e. The average molecular weight is 430 g/mol. The van der Waals surface area contributed by atoms with E-state index in [1.807, 2.05) is 6.92 Å². The van der Waals surface area contributed by atoms with Crippen LogP contribution in [0.2, 0.25) is 0 Å². The predicted octanol–water partition coefficient (Wildman–Crippen LogP) is 3.20. The van der Waals surface area contributed by atoms with Crippen molar-refractivity contribution in [1.29, 1.82) is 0 Å². The molecule has 0 radical (unpaired) electrons. The summed E-state index contributed by atoms with van der Waals surface area (Å²) >= 11 is 1.48. The highest BCUT2D eigenvalue weighted by molar-refractivity contribution is 7.17. The van der Waals surface area contributed by atoms with Crippen LogP contribution < -0.4 is 5.32 Å². The van der Waals surface area contributed by atoms with Gasteiger partial charge in [0.25, 0.3) is 5.91 Å². The van der Waals surface area contributed by atoms with Gasteiger partial charge in [-0.1, -0.05) is 23.8 Å². The Kier molecular flexibility index (Phi) is 6.83. The molecule has 2 fully saturated rings. The first-order valence-corrected chi connectivity index (χ1v) is 11.6. The number of nitrogens with zero attached hydrogens (tertiary/aromatic N) is 2. The van der Waals surface area contributed by atoms with Gasteiger partial charge in [-0.3, -0.25) is 9.69 Å². The Morgan fingerprint density at radius 1 is 1.23 bits per heavy atom. The molecular formula is C23H31N3O3S. The molecule has 2 aliphatic rings. The van der Waals surface area contributed by atoms with Gasteiger partial charge in [0.2, 0.25) is 0 Å². The fourth-order valence-electron chi connectivity index (χ4n) is 4.41. The van der Waals surface area contributed by atoms with Gasteiger partial charge in [0.1, 0.15) is 9.88 Å². The maximum atomic E-state index is 13.0. The third kappa shape index (κ3) is 4.75. The molecule has 30 heavy (non-hydrogen) atoms. The molecule has 2 unspecified atom stereocenters. The SMILES string of the molecule is Cc1ccc(-c2nc(C)c(C(=O)NCC(C3CCOC3)N3CCOCC3)s2)c(C)c1. The first kappa shape index (κ1) is 21.4. The molecule has 0 bridgehead atoms. The number of aromatic nitrogens is 1. The second kappa shape index (κ2) is 9.56. The summed E-state index contributed by atoms with van der Waals surface area (Å²) in [5.41, 5.74) is 4.30. The lowest BCUT2D eigenvalue weighted by atomic mass is 9.97. The third-order valence-corrected chi connectivity index (χ3v) is 7.30. The van der Waals surface area contributed by atoms with Crippen LogP contribution in [0, 0.1) is 26.7 Å². The molecule has 1 aromatic carbocycles. The number of amides is 1. The molecule has 162 valence electrons. The first-order chi connectivity index (χ1) is 14.5. The van der Waals surface area contributed by atoms with Gasteiger partial charge >= 0.3 is 0 Å². The van der Waals surface area contributed by atoms with E-state index in [0.717, 1.165) is 62.2 Å². The fraction of sp³-hybridized carbons (Fsp3) is 0.565. The summed E-state index contributed by atoms with van der Waals surface area (Å²) in [6, 6.07) is 6.63. The molecule has 0 saturated carbocycles. The summed E-state index contributed by atoms with van der Waals surface area (Å²) in [7, 11) is 0. The van der Waals surface area contributed by atoms with Crippen LogP contribution >= 0.6 is 11.3 Å².